The SMILES string of the molecule is C#C[C@]1(O)C=CC2C3CC=C4CC5(CCC4C3[C@@H](c3ccc(-c4ccc(C#N)cc4)cc3)C[C@@]21C)OCCO5. The zero-order valence-corrected chi connectivity index (χ0v) is 22.5. The van der Waals surface area contributed by atoms with Crippen molar-refractivity contribution in [1.29, 1.82) is 5.26 Å². The first-order valence-corrected chi connectivity index (χ1v) is 14.4. The molecule has 2 saturated carbocycles. The molecule has 39 heavy (non-hydrogen) atoms. The first kappa shape index (κ1) is 24.9. The Morgan fingerprint density at radius 2 is 1.69 bits per heavy atom. The van der Waals surface area contributed by atoms with E-state index in [2.05, 4.69) is 55.3 Å². The van der Waals surface area contributed by atoms with Gasteiger partial charge in [0.2, 0.25) is 0 Å². The first-order valence-electron chi connectivity index (χ1n) is 14.4. The average Bonchev–Trinajstić information content (AvgIpc) is 3.54. The van der Waals surface area contributed by atoms with E-state index in [4.69, 9.17) is 21.2 Å². The van der Waals surface area contributed by atoms with Gasteiger partial charge in [-0.2, -0.15) is 5.26 Å². The zero-order chi connectivity index (χ0) is 26.8. The van der Waals surface area contributed by atoms with Gasteiger partial charge in [-0.1, -0.05) is 67.0 Å². The van der Waals surface area contributed by atoms with Crippen molar-refractivity contribution in [3.63, 3.8) is 0 Å². The summed E-state index contributed by atoms with van der Waals surface area (Å²) in [4.78, 5) is 0. The van der Waals surface area contributed by atoms with Crippen molar-refractivity contribution < 1.29 is 14.6 Å². The number of nitriles is 1. The first-order chi connectivity index (χ1) is 18.9. The van der Waals surface area contributed by atoms with Crippen LogP contribution in [0.15, 0.2) is 72.3 Å². The number of nitrogens with zero attached hydrogens (tertiary/aromatic N) is 1. The summed E-state index contributed by atoms with van der Waals surface area (Å²) in [5.74, 6) is 4.29. The fourth-order valence-corrected chi connectivity index (χ4v) is 8.82. The second-order valence-electron chi connectivity index (χ2n) is 12.5. The lowest BCUT2D eigenvalue weighted by molar-refractivity contribution is -0.177. The predicted molar refractivity (Wildman–Crippen MR) is 150 cm³/mol. The summed E-state index contributed by atoms with van der Waals surface area (Å²) in [5, 5.41) is 20.8. The summed E-state index contributed by atoms with van der Waals surface area (Å²) in [6.45, 7) is 3.59. The highest BCUT2D eigenvalue weighted by molar-refractivity contribution is 5.64. The number of hydrogen-bond donors (Lipinski definition) is 1. The van der Waals surface area contributed by atoms with Crippen molar-refractivity contribution in [2.75, 3.05) is 13.2 Å². The normalized spacial score (nSPS) is 37.7. The maximum atomic E-state index is 11.6. The van der Waals surface area contributed by atoms with E-state index in [0.29, 0.717) is 42.4 Å². The van der Waals surface area contributed by atoms with E-state index in [0.717, 1.165) is 43.2 Å². The van der Waals surface area contributed by atoms with Crippen molar-refractivity contribution in [2.45, 2.75) is 56.3 Å². The van der Waals surface area contributed by atoms with Crippen LogP contribution in [0.2, 0.25) is 0 Å². The lowest BCUT2D eigenvalue weighted by Crippen LogP contribution is -2.55. The summed E-state index contributed by atoms with van der Waals surface area (Å²) in [6.07, 6.45) is 17.3. The Hall–Kier alpha value is -3.15. The van der Waals surface area contributed by atoms with Gasteiger partial charge in [-0.05, 0) is 83.8 Å². The molecule has 0 radical (unpaired) electrons. The lowest BCUT2D eigenvalue weighted by Gasteiger charge is -2.58. The highest BCUT2D eigenvalue weighted by Crippen LogP contribution is 2.66. The number of rotatable bonds is 2. The average molecular weight is 518 g/mol. The molecule has 7 rings (SSSR count). The highest BCUT2D eigenvalue weighted by atomic mass is 16.7. The van der Waals surface area contributed by atoms with Crippen LogP contribution in [0.4, 0.5) is 0 Å². The van der Waals surface area contributed by atoms with E-state index in [9.17, 15) is 5.11 Å². The fraction of sp³-hybridized carbons (Fsp3) is 0.457. The van der Waals surface area contributed by atoms with Gasteiger partial charge in [-0.25, -0.2) is 0 Å². The van der Waals surface area contributed by atoms with Crippen molar-refractivity contribution in [3.05, 3.63) is 83.5 Å². The van der Waals surface area contributed by atoms with E-state index in [1.54, 1.807) is 0 Å². The zero-order valence-electron chi connectivity index (χ0n) is 22.5. The van der Waals surface area contributed by atoms with Crippen LogP contribution in [0, 0.1) is 52.8 Å². The molecule has 0 aromatic heterocycles. The number of fused-ring (bicyclic) bond motifs is 5. The maximum absolute atomic E-state index is 11.6. The van der Waals surface area contributed by atoms with E-state index in [1.807, 2.05) is 30.3 Å². The van der Waals surface area contributed by atoms with Crippen LogP contribution in [0.5, 0.6) is 0 Å². The Labute approximate surface area is 231 Å². The second kappa shape index (κ2) is 8.94. The van der Waals surface area contributed by atoms with Crippen LogP contribution in [-0.2, 0) is 9.47 Å². The third-order valence-electron chi connectivity index (χ3n) is 10.8. The molecule has 4 nitrogen and oxygen atoms in total. The van der Waals surface area contributed by atoms with Crippen LogP contribution in [-0.4, -0.2) is 29.7 Å². The smallest absolute Gasteiger partial charge is 0.172 e. The van der Waals surface area contributed by atoms with Crippen LogP contribution >= 0.6 is 0 Å². The molecule has 4 aliphatic carbocycles. The van der Waals surface area contributed by atoms with Gasteiger partial charge >= 0.3 is 0 Å². The van der Waals surface area contributed by atoms with E-state index < -0.39 is 16.8 Å². The van der Waals surface area contributed by atoms with Crippen LogP contribution in [0.1, 0.15) is 56.1 Å². The molecule has 1 heterocycles. The second-order valence-corrected chi connectivity index (χ2v) is 12.5. The minimum Gasteiger partial charge on any atom is -0.373 e. The van der Waals surface area contributed by atoms with Gasteiger partial charge < -0.3 is 14.6 Å². The van der Waals surface area contributed by atoms with Gasteiger partial charge in [-0.3, -0.25) is 0 Å². The van der Waals surface area contributed by atoms with Crippen LogP contribution in [0.25, 0.3) is 11.1 Å². The third-order valence-corrected chi connectivity index (χ3v) is 10.8. The monoisotopic (exact) mass is 517 g/mol. The summed E-state index contributed by atoms with van der Waals surface area (Å²) in [7, 11) is 0. The number of ether oxygens (including phenoxy) is 2. The van der Waals surface area contributed by atoms with Crippen molar-refractivity contribution in [2.24, 2.45) is 29.1 Å². The fourth-order valence-electron chi connectivity index (χ4n) is 8.82. The Morgan fingerprint density at radius 3 is 2.36 bits per heavy atom. The Kier molecular flexibility index (Phi) is 5.70. The van der Waals surface area contributed by atoms with Gasteiger partial charge in [0, 0.05) is 18.3 Å². The van der Waals surface area contributed by atoms with E-state index >= 15 is 0 Å². The van der Waals surface area contributed by atoms with Crippen LogP contribution < -0.4 is 0 Å². The number of allylic oxidation sites excluding steroid dienone is 2. The van der Waals surface area contributed by atoms with Crippen molar-refractivity contribution in [3.8, 4) is 29.5 Å². The number of benzene rings is 2. The largest absolute Gasteiger partial charge is 0.373 e. The maximum Gasteiger partial charge on any atom is 0.172 e. The minimum atomic E-state index is -1.23. The van der Waals surface area contributed by atoms with Gasteiger partial charge in [0.25, 0.3) is 0 Å². The molecule has 0 amide bonds. The molecule has 4 unspecified atom stereocenters. The van der Waals surface area contributed by atoms with Gasteiger partial charge in [-0.15, -0.1) is 6.42 Å². The predicted octanol–water partition coefficient (Wildman–Crippen LogP) is 6.37. The van der Waals surface area contributed by atoms with E-state index in [-0.39, 0.29) is 5.92 Å². The molecule has 3 fully saturated rings. The van der Waals surface area contributed by atoms with Gasteiger partial charge in [0.15, 0.2) is 5.79 Å². The molecule has 1 spiro atoms. The number of aliphatic hydroxyl groups is 1. The molecule has 2 aromatic carbocycles. The molecule has 4 heteroatoms. The molecule has 2 aromatic rings. The minimum absolute atomic E-state index is 0.255. The lowest BCUT2D eigenvalue weighted by atomic mass is 9.47. The van der Waals surface area contributed by atoms with Gasteiger partial charge in [0.1, 0.15) is 5.60 Å². The molecule has 1 saturated heterocycles. The standard InChI is InChI=1S/C35H35NO3/c1-3-34(37)16-15-31-29-13-12-27-20-35(38-18-19-39-35)17-14-28(27)32(29)30(21-33(31,34)2)26-10-8-25(9-11-26)24-6-4-23(22-36)5-7-24/h1,4-12,15-16,28-32,37H,13-14,17-21H2,2H3/t28?,29?,30-,31?,32?,33+,34+/m1/s1. The Bertz CT molecular complexity index is 1420. The highest BCUT2D eigenvalue weighted by Gasteiger charge is 2.63. The molecule has 1 N–H and O–H groups in total. The Balaban J connectivity index is 1.26. The molecule has 0 bridgehead atoms. The topological polar surface area (TPSA) is 62.5 Å². The molecule has 7 atom stereocenters. The summed E-state index contributed by atoms with van der Waals surface area (Å²) in [6, 6.07) is 18.9. The van der Waals surface area contributed by atoms with Gasteiger partial charge in [0.05, 0.1) is 24.8 Å². The van der Waals surface area contributed by atoms with Crippen molar-refractivity contribution >= 4 is 0 Å². The summed E-state index contributed by atoms with van der Waals surface area (Å²) < 4.78 is 12.3. The molecule has 1 aliphatic heterocycles. The van der Waals surface area contributed by atoms with E-state index in [1.165, 1.54) is 11.1 Å². The molecular formula is C35H35NO3. The summed E-state index contributed by atoms with van der Waals surface area (Å²) >= 11 is 0. The van der Waals surface area contributed by atoms with Crippen LogP contribution in [0.3, 0.4) is 0 Å². The quantitative estimate of drug-likeness (QED) is 0.371. The third kappa shape index (κ3) is 3.70. The number of terminal acetylenes is 1. The van der Waals surface area contributed by atoms with Crippen molar-refractivity contribution in [1.82, 2.24) is 0 Å². The summed E-state index contributed by atoms with van der Waals surface area (Å²) in [5.41, 5.74) is 4.11. The number of hydrogen-bond acceptors (Lipinski definition) is 4. The molecule has 198 valence electrons. The molecular weight excluding hydrogens is 482 g/mol. The Morgan fingerprint density at radius 1 is 1.00 bits per heavy atom. The molecule has 5 aliphatic rings.